The van der Waals surface area contributed by atoms with Crippen LogP contribution in [-0.2, 0) is 35.2 Å². The fourth-order valence-corrected chi connectivity index (χ4v) is 8.96. The van der Waals surface area contributed by atoms with E-state index in [0.717, 1.165) is 0 Å². The van der Waals surface area contributed by atoms with Gasteiger partial charge in [0.05, 0.1) is 12.1 Å². The van der Waals surface area contributed by atoms with Crippen molar-refractivity contribution in [2.45, 2.75) is 94.0 Å². The van der Waals surface area contributed by atoms with Gasteiger partial charge in [0.2, 0.25) is 17.7 Å². The molecule has 0 radical (unpaired) electrons. The summed E-state index contributed by atoms with van der Waals surface area (Å²) >= 11 is 6.38. The van der Waals surface area contributed by atoms with Gasteiger partial charge in [0.1, 0.15) is 29.4 Å². The topological polar surface area (TPSA) is 148 Å². The molecule has 4 saturated heterocycles. The first-order chi connectivity index (χ1) is 23.0. The predicted octanol–water partition coefficient (Wildman–Crippen LogP) is 2.39. The first kappa shape index (κ1) is 32.2. The van der Waals surface area contributed by atoms with E-state index in [1.165, 1.54) is 16.7 Å². The second kappa shape index (κ2) is 12.3. The molecule has 1 aromatic rings. The second-order valence-corrected chi connectivity index (χ2v) is 14.0. The third kappa shape index (κ3) is 5.15. The van der Waals surface area contributed by atoms with Crippen LogP contribution in [0, 0.1) is 5.92 Å². The number of nitrogens with zero attached hydrogens (tertiary/aromatic N) is 5. The summed E-state index contributed by atoms with van der Waals surface area (Å²) in [5.74, 6) is -3.41. The van der Waals surface area contributed by atoms with E-state index in [9.17, 15) is 33.9 Å². The van der Waals surface area contributed by atoms with Crippen molar-refractivity contribution >= 4 is 52.8 Å². The molecular weight excluding hydrogens is 638 g/mol. The molecule has 0 bridgehead atoms. The van der Waals surface area contributed by atoms with Crippen molar-refractivity contribution in [2.75, 3.05) is 13.1 Å². The van der Waals surface area contributed by atoms with E-state index >= 15 is 0 Å². The summed E-state index contributed by atoms with van der Waals surface area (Å²) < 4.78 is 0. The third-order valence-electron chi connectivity index (χ3n) is 11.0. The van der Waals surface area contributed by atoms with Crippen LogP contribution in [0.15, 0.2) is 53.6 Å². The highest BCUT2D eigenvalue weighted by atomic mass is 35.5. The summed E-state index contributed by atoms with van der Waals surface area (Å²) in [5.41, 5.74) is -0.740. The highest BCUT2D eigenvalue weighted by Gasteiger charge is 2.58. The summed E-state index contributed by atoms with van der Waals surface area (Å²) in [7, 11) is 0. The van der Waals surface area contributed by atoms with Crippen molar-refractivity contribution in [3.05, 3.63) is 59.2 Å². The van der Waals surface area contributed by atoms with Crippen LogP contribution in [0.1, 0.15) is 57.4 Å². The molecule has 48 heavy (non-hydrogen) atoms. The highest BCUT2D eigenvalue weighted by molar-refractivity contribution is 6.42. The molecule has 12 nitrogen and oxygen atoms in total. The van der Waals surface area contributed by atoms with Crippen LogP contribution in [0.4, 0.5) is 0 Å². The average molecular weight is 676 g/mol. The van der Waals surface area contributed by atoms with Gasteiger partial charge in [-0.15, -0.1) is 0 Å². The Morgan fingerprint density at radius 3 is 2.40 bits per heavy atom. The van der Waals surface area contributed by atoms with Gasteiger partial charge in [0, 0.05) is 37.4 Å². The lowest BCUT2D eigenvalue weighted by molar-refractivity contribution is -0.157. The molecule has 7 atom stereocenters. The molecule has 13 heteroatoms. The smallest absolute Gasteiger partial charge is 0.326 e. The zero-order valence-corrected chi connectivity index (χ0v) is 27.4. The first-order valence-electron chi connectivity index (χ1n) is 16.7. The number of aliphatic imine (C=N–C) groups is 1. The lowest BCUT2D eigenvalue weighted by Gasteiger charge is -2.44. The number of hydrogen-bond acceptors (Lipinski definition) is 6. The van der Waals surface area contributed by atoms with E-state index in [1.54, 1.807) is 40.1 Å². The summed E-state index contributed by atoms with van der Waals surface area (Å²) in [5, 5.41) is 10.3. The number of fused-ring (bicyclic) bond motifs is 3. The van der Waals surface area contributed by atoms with Crippen LogP contribution < -0.4 is 0 Å². The molecule has 0 aromatic heterocycles. The Bertz CT molecular complexity index is 1690. The largest absolute Gasteiger partial charge is 0.480 e. The van der Waals surface area contributed by atoms with E-state index < -0.39 is 41.4 Å². The average Bonchev–Trinajstić information content (AvgIpc) is 3.85. The normalized spacial score (nSPS) is 32.5. The molecule has 1 spiro atoms. The summed E-state index contributed by atoms with van der Waals surface area (Å²) in [6.45, 7) is 1.85. The summed E-state index contributed by atoms with van der Waals surface area (Å²) in [6, 6.07) is 3.73. The van der Waals surface area contributed by atoms with Crippen LogP contribution in [0.5, 0.6) is 0 Å². The van der Waals surface area contributed by atoms with Crippen molar-refractivity contribution in [3.63, 3.8) is 0 Å². The Morgan fingerprint density at radius 1 is 0.938 bits per heavy atom. The minimum Gasteiger partial charge on any atom is -0.480 e. The molecule has 6 heterocycles. The third-order valence-corrected chi connectivity index (χ3v) is 11.3. The van der Waals surface area contributed by atoms with Gasteiger partial charge in [-0.05, 0) is 56.6 Å². The molecule has 7 rings (SSSR count). The Labute approximate surface area is 283 Å². The summed E-state index contributed by atoms with van der Waals surface area (Å²) in [6.07, 6.45) is 10.9. The van der Waals surface area contributed by atoms with Gasteiger partial charge in [-0.25, -0.2) is 9.79 Å². The van der Waals surface area contributed by atoms with E-state index in [4.69, 9.17) is 11.6 Å². The van der Waals surface area contributed by atoms with E-state index in [1.807, 2.05) is 18.2 Å². The number of hydrogen-bond donors (Lipinski definition) is 1. The Balaban J connectivity index is 1.15. The number of benzene rings is 1. The molecule has 1 aromatic carbocycles. The monoisotopic (exact) mass is 675 g/mol. The molecular formula is C35H38ClN5O7. The molecule has 0 saturated carbocycles. The molecule has 252 valence electrons. The van der Waals surface area contributed by atoms with E-state index in [0.29, 0.717) is 62.1 Å². The molecule has 1 N–H and O–H groups in total. The van der Waals surface area contributed by atoms with E-state index in [-0.39, 0.29) is 54.4 Å². The number of aliphatic carboxylic acids is 1. The second-order valence-electron chi connectivity index (χ2n) is 13.6. The number of carboxylic acids is 1. The van der Waals surface area contributed by atoms with Crippen molar-refractivity contribution < 1.29 is 33.9 Å². The number of carbonyl (C=O) groups is 6. The quantitative estimate of drug-likeness (QED) is 0.372. The predicted molar refractivity (Wildman–Crippen MR) is 174 cm³/mol. The van der Waals surface area contributed by atoms with Gasteiger partial charge in [0.15, 0.2) is 0 Å². The first-order valence-corrected chi connectivity index (χ1v) is 17.1. The van der Waals surface area contributed by atoms with Crippen LogP contribution in [0.25, 0.3) is 0 Å². The maximum absolute atomic E-state index is 14.6. The molecule has 6 aliphatic rings. The lowest BCUT2D eigenvalue weighted by Crippen LogP contribution is -2.64. The number of amides is 5. The van der Waals surface area contributed by atoms with Crippen LogP contribution in [0.3, 0.4) is 0 Å². The number of halogens is 1. The van der Waals surface area contributed by atoms with Crippen molar-refractivity contribution in [2.24, 2.45) is 10.9 Å². The lowest BCUT2D eigenvalue weighted by atomic mass is 9.88. The van der Waals surface area contributed by atoms with Gasteiger partial charge in [-0.1, -0.05) is 54.1 Å². The molecule has 1 unspecified atom stereocenters. The van der Waals surface area contributed by atoms with Crippen molar-refractivity contribution in [1.82, 2.24) is 19.6 Å². The fourth-order valence-electron chi connectivity index (χ4n) is 8.76. The van der Waals surface area contributed by atoms with Gasteiger partial charge in [0.25, 0.3) is 11.8 Å². The van der Waals surface area contributed by atoms with Gasteiger partial charge in [-0.3, -0.25) is 24.0 Å². The van der Waals surface area contributed by atoms with Crippen LogP contribution >= 0.6 is 11.6 Å². The Hall–Kier alpha value is -4.32. The van der Waals surface area contributed by atoms with Crippen LogP contribution in [-0.4, -0.2) is 115 Å². The van der Waals surface area contributed by atoms with E-state index in [2.05, 4.69) is 4.99 Å². The molecule has 6 aliphatic heterocycles. The Morgan fingerprint density at radius 2 is 1.67 bits per heavy atom. The standard InChI is InChI=1S/C35H38ClN5O7/c1-20(42)37-26(19-22-5-2-3-6-25(22)36)30(43)39-17-4-15-35(39)16-13-24-9-11-27(41(24)34(35)48)31(44)38-18-14-21-7-8-23-10-12-28(33(46)47)40(23)32(45)29(21)38/h2-3,5-8,13,16,21,23-24,27-29H,4,9-12,14-15,17-19H2,1H3,(H,46,47)/t21-,23-,24-,27-,28-,29?,35+/m0/s1. The number of carbonyl (C=O) groups excluding carboxylic acids is 5. The number of likely N-dealkylation sites (tertiary alicyclic amines) is 2. The van der Waals surface area contributed by atoms with Gasteiger partial charge in [-0.2, -0.15) is 0 Å². The molecule has 5 amide bonds. The summed E-state index contributed by atoms with van der Waals surface area (Å²) in [4.78, 5) is 91.4. The number of carboxylic acid groups (broad SMARTS) is 1. The fraction of sp³-hybridized carbons (Fsp3) is 0.514. The van der Waals surface area contributed by atoms with Gasteiger partial charge < -0.3 is 24.7 Å². The minimum atomic E-state index is -1.35. The molecule has 4 fully saturated rings. The van der Waals surface area contributed by atoms with Crippen molar-refractivity contribution in [1.29, 1.82) is 0 Å². The van der Waals surface area contributed by atoms with Crippen molar-refractivity contribution in [3.8, 4) is 0 Å². The SMILES string of the molecule is CC(=O)N=C(Cc1ccccc1Cl)C(=O)N1CCC[C@]12C=C[C@@H]1CC[C@@H](C(=O)N3CC[C@@H]4C=C[C@H]5CC[C@@H](C(=O)O)N5C(=O)C43)N1C2=O. The molecule has 0 aliphatic carbocycles. The Kier molecular flexibility index (Phi) is 8.25. The highest BCUT2D eigenvalue weighted by Crippen LogP contribution is 2.43. The van der Waals surface area contributed by atoms with Crippen LogP contribution in [0.2, 0.25) is 5.02 Å². The zero-order chi connectivity index (χ0) is 33.9. The minimum absolute atomic E-state index is 0.0105. The maximum atomic E-state index is 14.6. The zero-order valence-electron chi connectivity index (χ0n) is 26.7. The number of rotatable bonds is 5. The van der Waals surface area contributed by atoms with Gasteiger partial charge >= 0.3 is 5.97 Å². The maximum Gasteiger partial charge on any atom is 0.326 e.